The lowest BCUT2D eigenvalue weighted by atomic mass is 10.1. The molecule has 0 unspecified atom stereocenters. The molecule has 0 radical (unpaired) electrons. The lowest BCUT2D eigenvalue weighted by Crippen LogP contribution is -3.08. The van der Waals surface area contributed by atoms with E-state index in [1.807, 2.05) is 0 Å². The van der Waals surface area contributed by atoms with E-state index in [-0.39, 0.29) is 5.91 Å². The molecular weight excluding hydrogens is 340 g/mol. The maximum absolute atomic E-state index is 12.3. The predicted molar refractivity (Wildman–Crippen MR) is 109 cm³/mol. The molecule has 26 heavy (non-hydrogen) atoms. The number of thioether (sulfide) groups is 1. The summed E-state index contributed by atoms with van der Waals surface area (Å²) in [5.74, 6) is 0.554. The van der Waals surface area contributed by atoms with E-state index in [9.17, 15) is 4.79 Å². The van der Waals surface area contributed by atoms with Gasteiger partial charge in [0.25, 0.3) is 0 Å². The second-order valence-corrected chi connectivity index (χ2v) is 8.26. The Balaban J connectivity index is 1.50. The first-order valence-corrected chi connectivity index (χ1v) is 10.5. The Labute approximate surface area is 161 Å². The van der Waals surface area contributed by atoms with Gasteiger partial charge in [0.15, 0.2) is 0 Å². The number of quaternary nitrogens is 1. The summed E-state index contributed by atoms with van der Waals surface area (Å²) in [6, 6.07) is 14.9. The Morgan fingerprint density at radius 1 is 1.04 bits per heavy atom. The van der Waals surface area contributed by atoms with Crippen molar-refractivity contribution in [3.63, 3.8) is 0 Å². The van der Waals surface area contributed by atoms with Gasteiger partial charge in [-0.3, -0.25) is 4.79 Å². The van der Waals surface area contributed by atoms with Crippen molar-refractivity contribution in [2.75, 3.05) is 18.8 Å². The molecule has 2 aromatic carbocycles. The van der Waals surface area contributed by atoms with Crippen LogP contribution in [0, 0.1) is 13.8 Å². The van der Waals surface area contributed by atoms with E-state index in [1.54, 1.807) is 16.7 Å². The zero-order valence-corrected chi connectivity index (χ0v) is 16.6. The van der Waals surface area contributed by atoms with E-state index in [2.05, 4.69) is 61.6 Å². The summed E-state index contributed by atoms with van der Waals surface area (Å²) in [4.78, 5) is 15.1. The van der Waals surface area contributed by atoms with Gasteiger partial charge in [-0.1, -0.05) is 30.3 Å². The van der Waals surface area contributed by atoms with E-state index < -0.39 is 0 Å². The van der Waals surface area contributed by atoms with Crippen molar-refractivity contribution in [3.05, 3.63) is 64.7 Å². The van der Waals surface area contributed by atoms with Gasteiger partial charge in [-0.25, -0.2) is 0 Å². The molecule has 2 aromatic rings. The average molecular weight is 370 g/mol. The summed E-state index contributed by atoms with van der Waals surface area (Å²) in [5.41, 5.74) is 5.17. The number of hydrogen-bond acceptors (Lipinski definition) is 2. The van der Waals surface area contributed by atoms with E-state index in [0.29, 0.717) is 12.3 Å². The molecule has 0 saturated carbocycles. The topological polar surface area (TPSA) is 33.5 Å². The number of carbonyl (C=O) groups excluding carboxylic acids is 1. The third kappa shape index (κ3) is 5.36. The van der Waals surface area contributed by atoms with Crippen LogP contribution in [0.1, 0.15) is 35.1 Å². The monoisotopic (exact) mass is 369 g/mol. The maximum Gasteiger partial charge on any atom is 0.230 e. The molecule has 0 spiro atoms. The molecule has 1 fully saturated rings. The highest BCUT2D eigenvalue weighted by atomic mass is 32.2. The third-order valence-electron chi connectivity index (χ3n) is 5.19. The maximum atomic E-state index is 12.3. The minimum Gasteiger partial charge on any atom is -0.351 e. The van der Waals surface area contributed by atoms with Crippen molar-refractivity contribution >= 4 is 17.7 Å². The van der Waals surface area contributed by atoms with Crippen molar-refractivity contribution in [3.8, 4) is 0 Å². The number of nitrogens with one attached hydrogen (secondary N) is 2. The highest BCUT2D eigenvalue weighted by molar-refractivity contribution is 8.00. The molecule has 1 saturated heterocycles. The molecule has 1 amide bonds. The lowest BCUT2D eigenvalue weighted by molar-refractivity contribution is -0.901. The van der Waals surface area contributed by atoms with Crippen LogP contribution in [0.2, 0.25) is 0 Å². The Hall–Kier alpha value is -1.78. The minimum absolute atomic E-state index is 0.0940. The molecule has 1 heterocycles. The first-order chi connectivity index (χ1) is 12.6. The smallest absolute Gasteiger partial charge is 0.230 e. The average Bonchev–Trinajstić information content (AvgIpc) is 3.15. The normalized spacial score (nSPS) is 14.5. The van der Waals surface area contributed by atoms with E-state index in [4.69, 9.17) is 0 Å². The summed E-state index contributed by atoms with van der Waals surface area (Å²) in [6.45, 7) is 8.45. The van der Waals surface area contributed by atoms with Crippen molar-refractivity contribution in [1.29, 1.82) is 0 Å². The first-order valence-electron chi connectivity index (χ1n) is 9.49. The van der Waals surface area contributed by atoms with E-state index in [0.717, 1.165) is 11.4 Å². The summed E-state index contributed by atoms with van der Waals surface area (Å²) in [6.07, 6.45) is 2.67. The van der Waals surface area contributed by atoms with Crippen molar-refractivity contribution < 1.29 is 9.69 Å². The molecule has 3 nitrogen and oxygen atoms in total. The summed E-state index contributed by atoms with van der Waals surface area (Å²) < 4.78 is 0. The molecule has 0 aromatic heterocycles. The molecule has 3 rings (SSSR count). The van der Waals surface area contributed by atoms with Gasteiger partial charge in [-0.2, -0.15) is 0 Å². The quantitative estimate of drug-likeness (QED) is 0.736. The predicted octanol–water partition coefficient (Wildman–Crippen LogP) is 2.89. The van der Waals surface area contributed by atoms with Crippen LogP contribution in [0.3, 0.4) is 0 Å². The Bertz CT molecular complexity index is 754. The number of hydrogen-bond donors (Lipinski definition) is 2. The van der Waals surface area contributed by atoms with Crippen LogP contribution < -0.4 is 10.2 Å². The molecule has 2 N–H and O–H groups in total. The first kappa shape index (κ1) is 19.0. The van der Waals surface area contributed by atoms with Gasteiger partial charge < -0.3 is 10.2 Å². The fraction of sp³-hybridized carbons (Fsp3) is 0.409. The zero-order chi connectivity index (χ0) is 18.4. The van der Waals surface area contributed by atoms with Gasteiger partial charge in [0, 0.05) is 29.8 Å². The zero-order valence-electron chi connectivity index (χ0n) is 15.8. The lowest BCUT2D eigenvalue weighted by Gasteiger charge is -2.15. The molecule has 1 aliphatic rings. The number of rotatable bonds is 7. The van der Waals surface area contributed by atoms with Gasteiger partial charge in [0.1, 0.15) is 6.54 Å². The Morgan fingerprint density at radius 3 is 2.50 bits per heavy atom. The van der Waals surface area contributed by atoms with Crippen LogP contribution >= 0.6 is 11.8 Å². The minimum atomic E-state index is 0.0940. The fourth-order valence-electron chi connectivity index (χ4n) is 3.42. The van der Waals surface area contributed by atoms with Crippen LogP contribution in [0.5, 0.6) is 0 Å². The largest absolute Gasteiger partial charge is 0.351 e. The number of likely N-dealkylation sites (tertiary alicyclic amines) is 1. The van der Waals surface area contributed by atoms with Crippen LogP contribution in [0.4, 0.5) is 0 Å². The molecule has 0 aliphatic carbocycles. The number of benzene rings is 2. The Kier molecular flexibility index (Phi) is 6.75. The second-order valence-electron chi connectivity index (χ2n) is 7.21. The second kappa shape index (κ2) is 9.24. The van der Waals surface area contributed by atoms with Crippen molar-refractivity contribution in [1.82, 2.24) is 5.32 Å². The van der Waals surface area contributed by atoms with Gasteiger partial charge >= 0.3 is 0 Å². The van der Waals surface area contributed by atoms with Gasteiger partial charge in [-0.05, 0) is 42.7 Å². The third-order valence-corrected chi connectivity index (χ3v) is 6.19. The number of aryl methyl sites for hydroxylation is 2. The summed E-state index contributed by atoms with van der Waals surface area (Å²) in [5, 5.41) is 3.09. The van der Waals surface area contributed by atoms with Gasteiger partial charge in [0.05, 0.1) is 18.8 Å². The standard InChI is InChI=1S/C22H28N2OS/c1-17-9-10-21(13-18(17)2)26-16-22(25)23-14-19-7-3-4-8-20(19)15-24-11-5-6-12-24/h3-4,7-10,13H,5-6,11-12,14-16H2,1-2H3,(H,23,25)/p+1. The van der Waals surface area contributed by atoms with E-state index >= 15 is 0 Å². The van der Waals surface area contributed by atoms with Crippen molar-refractivity contribution in [2.24, 2.45) is 0 Å². The Morgan fingerprint density at radius 2 is 1.77 bits per heavy atom. The summed E-state index contributed by atoms with van der Waals surface area (Å²) in [7, 11) is 0. The van der Waals surface area contributed by atoms with E-state index in [1.165, 1.54) is 48.2 Å². The highest BCUT2D eigenvalue weighted by Crippen LogP contribution is 2.20. The summed E-state index contributed by atoms with van der Waals surface area (Å²) >= 11 is 1.60. The molecular formula is C22H29N2OS+. The fourth-order valence-corrected chi connectivity index (χ4v) is 4.25. The molecule has 0 atom stereocenters. The highest BCUT2D eigenvalue weighted by Gasteiger charge is 2.17. The number of carbonyl (C=O) groups is 1. The van der Waals surface area contributed by atoms with Crippen LogP contribution in [0.25, 0.3) is 0 Å². The number of amides is 1. The SMILES string of the molecule is Cc1ccc(SCC(=O)NCc2ccccc2C[NH+]2CCCC2)cc1C. The van der Waals surface area contributed by atoms with Crippen LogP contribution in [0.15, 0.2) is 47.4 Å². The molecule has 4 heteroatoms. The van der Waals surface area contributed by atoms with Gasteiger partial charge in [-0.15, -0.1) is 11.8 Å². The molecule has 1 aliphatic heterocycles. The van der Waals surface area contributed by atoms with Crippen LogP contribution in [-0.2, 0) is 17.9 Å². The van der Waals surface area contributed by atoms with Crippen molar-refractivity contribution in [2.45, 2.75) is 44.7 Å². The molecule has 138 valence electrons. The molecule has 0 bridgehead atoms. The van der Waals surface area contributed by atoms with Crippen LogP contribution in [-0.4, -0.2) is 24.7 Å². The van der Waals surface area contributed by atoms with Gasteiger partial charge in [0.2, 0.25) is 5.91 Å².